The van der Waals surface area contributed by atoms with Crippen LogP contribution in [0, 0.1) is 5.82 Å². The van der Waals surface area contributed by atoms with E-state index in [2.05, 4.69) is 4.90 Å². The molecule has 20 heavy (non-hydrogen) atoms. The summed E-state index contributed by atoms with van der Waals surface area (Å²) in [6.07, 6.45) is -0.215. The number of thiocarbonyl (C=S) groups is 1. The molecule has 0 radical (unpaired) electrons. The molecule has 1 aliphatic heterocycles. The number of ether oxygens (including phenoxy) is 1. The second kappa shape index (κ2) is 6.58. The fourth-order valence-electron chi connectivity index (χ4n) is 2.32. The Labute approximate surface area is 123 Å². The zero-order valence-electron chi connectivity index (χ0n) is 11.4. The van der Waals surface area contributed by atoms with Gasteiger partial charge in [-0.3, -0.25) is 4.90 Å². The van der Waals surface area contributed by atoms with Gasteiger partial charge in [0.25, 0.3) is 0 Å². The molecule has 0 spiro atoms. The van der Waals surface area contributed by atoms with Crippen LogP contribution in [0.15, 0.2) is 18.2 Å². The van der Waals surface area contributed by atoms with Crippen molar-refractivity contribution in [3.05, 3.63) is 35.1 Å². The van der Waals surface area contributed by atoms with Crippen molar-refractivity contribution in [2.75, 3.05) is 19.8 Å². The molecule has 3 N–H and O–H groups in total. The van der Waals surface area contributed by atoms with Gasteiger partial charge in [-0.15, -0.1) is 0 Å². The first-order valence-electron chi connectivity index (χ1n) is 6.56. The first-order valence-corrected chi connectivity index (χ1v) is 6.97. The van der Waals surface area contributed by atoms with Gasteiger partial charge in [0.05, 0.1) is 19.3 Å². The molecule has 1 aromatic carbocycles. The van der Waals surface area contributed by atoms with Gasteiger partial charge in [0.15, 0.2) is 0 Å². The van der Waals surface area contributed by atoms with E-state index in [1.807, 2.05) is 6.92 Å². The van der Waals surface area contributed by atoms with Crippen LogP contribution in [-0.2, 0) is 11.3 Å². The molecule has 1 aliphatic rings. The molecule has 1 heterocycles. The van der Waals surface area contributed by atoms with Gasteiger partial charge in [0, 0.05) is 30.3 Å². The van der Waals surface area contributed by atoms with E-state index in [0.29, 0.717) is 25.3 Å². The molecule has 0 aliphatic carbocycles. The Morgan fingerprint density at radius 2 is 2.35 bits per heavy atom. The topological polar surface area (TPSA) is 58.7 Å². The van der Waals surface area contributed by atoms with Gasteiger partial charge in [0.1, 0.15) is 10.8 Å². The third kappa shape index (κ3) is 3.32. The predicted octanol–water partition coefficient (Wildman–Crippen LogP) is 1.04. The summed E-state index contributed by atoms with van der Waals surface area (Å²) in [6, 6.07) is 5.24. The van der Waals surface area contributed by atoms with Crippen molar-refractivity contribution in [2.45, 2.75) is 25.6 Å². The molecule has 0 saturated carbocycles. The largest absolute Gasteiger partial charge is 0.394 e. The number of nitrogens with two attached hydrogens (primary N) is 1. The Morgan fingerprint density at radius 1 is 1.60 bits per heavy atom. The lowest BCUT2D eigenvalue weighted by Crippen LogP contribution is -2.49. The Morgan fingerprint density at radius 3 is 3.00 bits per heavy atom. The van der Waals surface area contributed by atoms with Crippen molar-refractivity contribution in [3.8, 4) is 0 Å². The highest BCUT2D eigenvalue weighted by Crippen LogP contribution is 2.19. The minimum Gasteiger partial charge on any atom is -0.394 e. The maximum absolute atomic E-state index is 14.3. The van der Waals surface area contributed by atoms with E-state index in [1.165, 1.54) is 0 Å². The number of morpholine rings is 1. The van der Waals surface area contributed by atoms with Gasteiger partial charge in [-0.25, -0.2) is 4.39 Å². The van der Waals surface area contributed by atoms with E-state index < -0.39 is 0 Å². The fourth-order valence-corrected chi connectivity index (χ4v) is 2.47. The minimum atomic E-state index is -0.362. The van der Waals surface area contributed by atoms with Gasteiger partial charge in [-0.2, -0.15) is 0 Å². The highest BCUT2D eigenvalue weighted by Gasteiger charge is 2.26. The van der Waals surface area contributed by atoms with Gasteiger partial charge >= 0.3 is 0 Å². The SMILES string of the molecule is CC1COC(CO)CN1Cc1cccc(C(N)=S)c1F. The molecule has 1 saturated heterocycles. The normalized spacial score (nSPS) is 23.8. The van der Waals surface area contributed by atoms with E-state index >= 15 is 0 Å². The fraction of sp³-hybridized carbons (Fsp3) is 0.500. The maximum atomic E-state index is 14.3. The Hall–Kier alpha value is -1.08. The van der Waals surface area contributed by atoms with Crippen molar-refractivity contribution in [1.82, 2.24) is 4.90 Å². The quantitative estimate of drug-likeness (QED) is 0.814. The van der Waals surface area contributed by atoms with Crippen molar-refractivity contribution in [2.24, 2.45) is 5.73 Å². The zero-order valence-corrected chi connectivity index (χ0v) is 12.2. The van der Waals surface area contributed by atoms with Crippen molar-refractivity contribution in [1.29, 1.82) is 0 Å². The highest BCUT2D eigenvalue weighted by molar-refractivity contribution is 7.80. The molecule has 1 fully saturated rings. The van der Waals surface area contributed by atoms with Gasteiger partial charge in [0.2, 0.25) is 0 Å². The van der Waals surface area contributed by atoms with Crippen molar-refractivity contribution >= 4 is 17.2 Å². The summed E-state index contributed by atoms with van der Waals surface area (Å²) in [5.74, 6) is -0.362. The summed E-state index contributed by atoms with van der Waals surface area (Å²) in [5.41, 5.74) is 6.34. The van der Waals surface area contributed by atoms with Gasteiger partial charge < -0.3 is 15.6 Å². The molecule has 2 atom stereocenters. The average Bonchev–Trinajstić information content (AvgIpc) is 2.43. The first kappa shape index (κ1) is 15.3. The number of nitrogens with zero attached hydrogens (tertiary/aromatic N) is 1. The van der Waals surface area contributed by atoms with Crippen LogP contribution in [0.4, 0.5) is 4.39 Å². The summed E-state index contributed by atoms with van der Waals surface area (Å²) in [7, 11) is 0. The van der Waals surface area contributed by atoms with Crippen LogP contribution in [0.1, 0.15) is 18.1 Å². The van der Waals surface area contributed by atoms with E-state index in [4.69, 9.17) is 22.7 Å². The lowest BCUT2D eigenvalue weighted by molar-refractivity contribution is -0.0807. The number of aliphatic hydroxyl groups is 1. The van der Waals surface area contributed by atoms with Crippen LogP contribution in [0.5, 0.6) is 0 Å². The molecule has 1 aromatic rings. The van der Waals surface area contributed by atoms with Crippen LogP contribution in [-0.4, -0.2) is 46.9 Å². The van der Waals surface area contributed by atoms with Crippen molar-refractivity contribution < 1.29 is 14.2 Å². The van der Waals surface area contributed by atoms with Crippen LogP contribution in [0.3, 0.4) is 0 Å². The third-order valence-corrected chi connectivity index (χ3v) is 3.78. The average molecular weight is 298 g/mol. The molecule has 0 amide bonds. The first-order chi connectivity index (χ1) is 9.52. The molecule has 4 nitrogen and oxygen atoms in total. The molecule has 110 valence electrons. The highest BCUT2D eigenvalue weighted by atomic mass is 32.1. The number of aliphatic hydroxyl groups excluding tert-OH is 1. The lowest BCUT2D eigenvalue weighted by Gasteiger charge is -2.37. The molecule has 2 unspecified atom stereocenters. The lowest BCUT2D eigenvalue weighted by atomic mass is 10.1. The van der Waals surface area contributed by atoms with Crippen molar-refractivity contribution in [3.63, 3.8) is 0 Å². The third-order valence-electron chi connectivity index (χ3n) is 3.56. The second-order valence-electron chi connectivity index (χ2n) is 5.06. The predicted molar refractivity (Wildman–Crippen MR) is 79.0 cm³/mol. The molecule has 2 rings (SSSR count). The molecular formula is C14H19FN2O2S. The summed E-state index contributed by atoms with van der Waals surface area (Å²) in [6.45, 7) is 3.54. The monoisotopic (exact) mass is 298 g/mol. The molecular weight excluding hydrogens is 279 g/mol. The van der Waals surface area contributed by atoms with E-state index in [9.17, 15) is 9.50 Å². The van der Waals surface area contributed by atoms with Crippen LogP contribution in [0.25, 0.3) is 0 Å². The minimum absolute atomic E-state index is 0.0291. The number of hydrogen-bond donors (Lipinski definition) is 2. The van der Waals surface area contributed by atoms with Gasteiger partial charge in [-0.1, -0.05) is 24.4 Å². The molecule has 0 aromatic heterocycles. The van der Waals surface area contributed by atoms with Crippen LogP contribution >= 0.6 is 12.2 Å². The van der Waals surface area contributed by atoms with E-state index in [-0.39, 0.29) is 35.1 Å². The van der Waals surface area contributed by atoms with Gasteiger partial charge in [-0.05, 0) is 13.0 Å². The summed E-state index contributed by atoms with van der Waals surface area (Å²) < 4.78 is 19.8. The number of halogens is 1. The van der Waals surface area contributed by atoms with Crippen LogP contribution < -0.4 is 5.73 Å². The standard InChI is InChI=1S/C14H19FN2O2S/c1-9-8-19-11(7-18)6-17(9)5-10-3-2-4-12(13(10)15)14(16)20/h2-4,9,11,18H,5-8H2,1H3,(H2,16,20). The Bertz CT molecular complexity index is 498. The number of benzene rings is 1. The zero-order chi connectivity index (χ0) is 14.7. The van der Waals surface area contributed by atoms with E-state index in [1.54, 1.807) is 18.2 Å². The maximum Gasteiger partial charge on any atom is 0.137 e. The summed E-state index contributed by atoms with van der Waals surface area (Å²) in [5, 5.41) is 9.17. The van der Waals surface area contributed by atoms with Crippen LogP contribution in [0.2, 0.25) is 0 Å². The summed E-state index contributed by atoms with van der Waals surface area (Å²) >= 11 is 4.85. The van der Waals surface area contributed by atoms with E-state index in [0.717, 1.165) is 0 Å². The molecule has 0 bridgehead atoms. The smallest absolute Gasteiger partial charge is 0.137 e. The Kier molecular flexibility index (Phi) is 5.04. The Balaban J connectivity index is 2.16. The number of rotatable bonds is 4. The molecule has 6 heteroatoms. The number of hydrogen-bond acceptors (Lipinski definition) is 4. The summed E-state index contributed by atoms with van der Waals surface area (Å²) in [4.78, 5) is 2.15. The second-order valence-corrected chi connectivity index (χ2v) is 5.50.